The molecule has 0 fully saturated rings. The van der Waals surface area contributed by atoms with Gasteiger partial charge < -0.3 is 10.3 Å². The minimum Gasteiger partial charge on any atom is -0.333 e. The van der Waals surface area contributed by atoms with Crippen molar-refractivity contribution >= 4 is 10.0 Å². The summed E-state index contributed by atoms with van der Waals surface area (Å²) in [6.45, 7) is 0.869. The monoisotopic (exact) mass is 310 g/mol. The van der Waals surface area contributed by atoms with Gasteiger partial charge in [-0.3, -0.25) is 0 Å². The van der Waals surface area contributed by atoms with Crippen molar-refractivity contribution in [3.63, 3.8) is 0 Å². The summed E-state index contributed by atoms with van der Waals surface area (Å²) in [5.41, 5.74) is 5.52. The lowest BCUT2D eigenvalue weighted by Crippen LogP contribution is -2.38. The van der Waals surface area contributed by atoms with Crippen LogP contribution in [0.5, 0.6) is 0 Å². The summed E-state index contributed by atoms with van der Waals surface area (Å²) in [7, 11) is -3.79. The molecular formula is C13H15FN4O2S. The summed E-state index contributed by atoms with van der Waals surface area (Å²) in [4.78, 5) is 4.07. The predicted octanol–water partition coefficient (Wildman–Crippen LogP) is 0.685. The number of nitrogens with zero attached hydrogens (tertiary/aromatic N) is 3. The molecule has 1 aromatic carbocycles. The first-order chi connectivity index (χ1) is 10.0. The molecule has 2 aromatic rings. The van der Waals surface area contributed by atoms with E-state index < -0.39 is 15.8 Å². The average Bonchev–Trinajstić information content (AvgIpc) is 2.94. The number of fused-ring (bicyclic) bond motifs is 1. The Labute approximate surface area is 122 Å². The summed E-state index contributed by atoms with van der Waals surface area (Å²) < 4.78 is 42.4. The second kappa shape index (κ2) is 5.21. The van der Waals surface area contributed by atoms with Gasteiger partial charge in [0.1, 0.15) is 11.6 Å². The maximum absolute atomic E-state index is 13.8. The molecule has 0 aliphatic carbocycles. The van der Waals surface area contributed by atoms with Gasteiger partial charge in [-0.15, -0.1) is 0 Å². The smallest absolute Gasteiger partial charge is 0.243 e. The summed E-state index contributed by atoms with van der Waals surface area (Å²) in [5, 5.41) is 0. The Morgan fingerprint density at radius 3 is 2.90 bits per heavy atom. The molecule has 0 atom stereocenters. The van der Waals surface area contributed by atoms with Crippen molar-refractivity contribution in [3.8, 4) is 0 Å². The summed E-state index contributed by atoms with van der Waals surface area (Å²) in [5.74, 6) is 0.0765. The number of hydrogen-bond donors (Lipinski definition) is 1. The van der Waals surface area contributed by atoms with E-state index in [1.54, 1.807) is 6.20 Å². The zero-order valence-electron chi connectivity index (χ0n) is 11.2. The highest BCUT2D eigenvalue weighted by Crippen LogP contribution is 2.25. The highest BCUT2D eigenvalue weighted by atomic mass is 32.2. The quantitative estimate of drug-likeness (QED) is 0.904. The van der Waals surface area contributed by atoms with Crippen molar-refractivity contribution < 1.29 is 12.8 Å². The molecule has 8 heteroatoms. The van der Waals surface area contributed by atoms with Crippen molar-refractivity contribution in [3.05, 3.63) is 47.8 Å². The topological polar surface area (TPSA) is 81.2 Å². The predicted molar refractivity (Wildman–Crippen MR) is 74.1 cm³/mol. The number of imidazole rings is 1. The largest absolute Gasteiger partial charge is 0.333 e. The lowest BCUT2D eigenvalue weighted by Gasteiger charge is -2.27. The third kappa shape index (κ3) is 2.35. The molecule has 21 heavy (non-hydrogen) atoms. The number of hydrogen-bond acceptors (Lipinski definition) is 4. The van der Waals surface area contributed by atoms with Crippen LogP contribution in [0.2, 0.25) is 0 Å². The molecule has 1 aromatic heterocycles. The van der Waals surface area contributed by atoms with Gasteiger partial charge in [-0.25, -0.2) is 17.8 Å². The summed E-state index contributed by atoms with van der Waals surface area (Å²) in [6.07, 6.45) is 3.45. The normalized spacial score (nSPS) is 15.9. The van der Waals surface area contributed by atoms with E-state index in [1.807, 2.05) is 10.8 Å². The van der Waals surface area contributed by atoms with Gasteiger partial charge in [0.15, 0.2) is 0 Å². The second-order valence-corrected chi connectivity index (χ2v) is 6.70. The molecule has 1 aliphatic rings. The third-order valence-electron chi connectivity index (χ3n) is 3.61. The molecule has 0 saturated heterocycles. The first-order valence-corrected chi connectivity index (χ1v) is 7.95. The van der Waals surface area contributed by atoms with E-state index >= 15 is 0 Å². The first-order valence-electron chi connectivity index (χ1n) is 6.51. The van der Waals surface area contributed by atoms with Gasteiger partial charge in [-0.1, -0.05) is 6.07 Å². The van der Waals surface area contributed by atoms with E-state index in [-0.39, 0.29) is 23.5 Å². The summed E-state index contributed by atoms with van der Waals surface area (Å²) in [6, 6.07) is 3.98. The second-order valence-electron chi connectivity index (χ2n) is 4.80. The number of benzene rings is 1. The van der Waals surface area contributed by atoms with Crippen molar-refractivity contribution in [2.75, 3.05) is 6.54 Å². The number of sulfonamides is 1. The molecule has 0 unspecified atom stereocenters. The molecule has 3 rings (SSSR count). The van der Waals surface area contributed by atoms with E-state index in [9.17, 15) is 12.8 Å². The Morgan fingerprint density at radius 1 is 1.33 bits per heavy atom. The highest BCUT2D eigenvalue weighted by Gasteiger charge is 2.31. The molecule has 6 nitrogen and oxygen atoms in total. The van der Waals surface area contributed by atoms with Gasteiger partial charge >= 0.3 is 0 Å². The molecule has 0 spiro atoms. The van der Waals surface area contributed by atoms with Gasteiger partial charge in [-0.05, 0) is 12.1 Å². The van der Waals surface area contributed by atoms with Gasteiger partial charge in [0.25, 0.3) is 0 Å². The van der Waals surface area contributed by atoms with Gasteiger partial charge in [0.2, 0.25) is 10.0 Å². The van der Waals surface area contributed by atoms with Crippen molar-refractivity contribution in [2.45, 2.75) is 24.5 Å². The Bertz CT molecular complexity index is 772. The Kier molecular flexibility index (Phi) is 3.52. The van der Waals surface area contributed by atoms with Crippen molar-refractivity contribution in [2.24, 2.45) is 5.73 Å². The van der Waals surface area contributed by atoms with E-state index in [1.165, 1.54) is 22.5 Å². The minimum absolute atomic E-state index is 0.0198. The fourth-order valence-electron chi connectivity index (χ4n) is 2.47. The van der Waals surface area contributed by atoms with E-state index in [2.05, 4.69) is 4.98 Å². The van der Waals surface area contributed by atoms with E-state index in [4.69, 9.17) is 5.73 Å². The zero-order valence-corrected chi connectivity index (χ0v) is 12.1. The fraction of sp³-hybridized carbons (Fsp3) is 0.308. The molecule has 0 radical (unpaired) electrons. The van der Waals surface area contributed by atoms with Crippen LogP contribution in [0, 0.1) is 5.82 Å². The van der Waals surface area contributed by atoms with E-state index in [0.29, 0.717) is 18.9 Å². The van der Waals surface area contributed by atoms with Crippen LogP contribution in [0.1, 0.15) is 11.4 Å². The molecule has 2 heterocycles. The standard InChI is InChI=1S/C13H15FN4O2S/c14-11-2-1-3-12(10(11)8-15)21(19,20)18-7-6-17-5-4-16-13(17)9-18/h1-5H,6-9,15H2. The Hall–Kier alpha value is -1.77. The third-order valence-corrected chi connectivity index (χ3v) is 5.54. The van der Waals surface area contributed by atoms with Gasteiger partial charge in [0.05, 0.1) is 11.4 Å². The number of rotatable bonds is 3. The molecule has 1 aliphatic heterocycles. The number of nitrogens with two attached hydrogens (primary N) is 1. The van der Waals surface area contributed by atoms with Crippen molar-refractivity contribution in [1.82, 2.24) is 13.9 Å². The molecule has 0 bridgehead atoms. The zero-order chi connectivity index (χ0) is 15.0. The molecule has 2 N–H and O–H groups in total. The fourth-order valence-corrected chi connectivity index (χ4v) is 4.10. The van der Waals surface area contributed by atoms with Crippen LogP contribution in [0.25, 0.3) is 0 Å². The SMILES string of the molecule is NCc1c(F)cccc1S(=O)(=O)N1CCn2ccnc2C1. The first kappa shape index (κ1) is 14.2. The molecule has 0 saturated carbocycles. The van der Waals surface area contributed by atoms with Crippen LogP contribution < -0.4 is 5.73 Å². The molecule has 0 amide bonds. The van der Waals surface area contributed by atoms with Crippen LogP contribution >= 0.6 is 0 Å². The van der Waals surface area contributed by atoms with E-state index in [0.717, 1.165) is 0 Å². The van der Waals surface area contributed by atoms with Crippen molar-refractivity contribution in [1.29, 1.82) is 0 Å². The maximum atomic E-state index is 13.8. The molecule has 112 valence electrons. The summed E-state index contributed by atoms with van der Waals surface area (Å²) >= 11 is 0. The van der Waals surface area contributed by atoms with Crippen LogP contribution in [-0.2, 0) is 29.7 Å². The highest BCUT2D eigenvalue weighted by molar-refractivity contribution is 7.89. The average molecular weight is 310 g/mol. The number of aromatic nitrogens is 2. The lowest BCUT2D eigenvalue weighted by molar-refractivity contribution is 0.335. The van der Waals surface area contributed by atoms with Crippen LogP contribution in [-0.4, -0.2) is 28.8 Å². The number of halogens is 1. The Morgan fingerprint density at radius 2 is 2.14 bits per heavy atom. The molecular weight excluding hydrogens is 295 g/mol. The maximum Gasteiger partial charge on any atom is 0.243 e. The minimum atomic E-state index is -3.79. The van der Waals surface area contributed by atoms with Crippen LogP contribution in [0.4, 0.5) is 4.39 Å². The van der Waals surface area contributed by atoms with Gasteiger partial charge in [0, 0.05) is 37.6 Å². The van der Waals surface area contributed by atoms with Gasteiger partial charge in [-0.2, -0.15) is 4.31 Å². The van der Waals surface area contributed by atoms with Crippen LogP contribution in [0.15, 0.2) is 35.5 Å². The Balaban J connectivity index is 2.01. The van der Waals surface area contributed by atoms with Crippen LogP contribution in [0.3, 0.4) is 0 Å². The lowest BCUT2D eigenvalue weighted by atomic mass is 10.2.